The van der Waals surface area contributed by atoms with E-state index in [-0.39, 0.29) is 0 Å². The van der Waals surface area contributed by atoms with E-state index < -0.39 is 0 Å². The topological polar surface area (TPSA) is 12.0 Å². The summed E-state index contributed by atoms with van der Waals surface area (Å²) in [5, 5.41) is 3.72. The lowest BCUT2D eigenvalue weighted by Crippen LogP contribution is -2.34. The summed E-state index contributed by atoms with van der Waals surface area (Å²) in [4.78, 5) is 0. The third-order valence-corrected chi connectivity index (χ3v) is 4.18. The molecule has 1 saturated carbocycles. The van der Waals surface area contributed by atoms with Crippen molar-refractivity contribution in [1.29, 1.82) is 0 Å². The van der Waals surface area contributed by atoms with Crippen LogP contribution in [0, 0.1) is 11.8 Å². The molecule has 1 fully saturated rings. The number of benzene rings is 1. The zero-order chi connectivity index (χ0) is 12.8. The molecule has 1 aliphatic rings. The van der Waals surface area contributed by atoms with Crippen molar-refractivity contribution in [3.05, 3.63) is 35.9 Å². The Hall–Kier alpha value is -0.820. The van der Waals surface area contributed by atoms with E-state index in [0.29, 0.717) is 6.04 Å². The van der Waals surface area contributed by atoms with Gasteiger partial charge in [-0.15, -0.1) is 0 Å². The second-order valence-electron chi connectivity index (χ2n) is 6.14. The van der Waals surface area contributed by atoms with Crippen LogP contribution in [0.1, 0.15) is 45.1 Å². The second kappa shape index (κ2) is 6.94. The first-order chi connectivity index (χ1) is 8.74. The fourth-order valence-electron chi connectivity index (χ4n) is 3.15. The van der Waals surface area contributed by atoms with Crippen LogP contribution in [-0.2, 0) is 6.42 Å². The van der Waals surface area contributed by atoms with Crippen molar-refractivity contribution >= 4 is 0 Å². The molecular formula is C17H27N. The van der Waals surface area contributed by atoms with E-state index in [2.05, 4.69) is 49.5 Å². The van der Waals surface area contributed by atoms with Crippen LogP contribution in [0.4, 0.5) is 0 Å². The summed E-state index contributed by atoms with van der Waals surface area (Å²) in [6.45, 7) is 5.91. The van der Waals surface area contributed by atoms with Crippen molar-refractivity contribution in [3.8, 4) is 0 Å². The lowest BCUT2D eigenvalue weighted by atomic mass is 9.82. The van der Waals surface area contributed by atoms with E-state index in [0.717, 1.165) is 18.3 Å². The summed E-state index contributed by atoms with van der Waals surface area (Å²) in [6, 6.07) is 11.4. The van der Waals surface area contributed by atoms with Gasteiger partial charge in [-0.2, -0.15) is 0 Å². The lowest BCUT2D eigenvalue weighted by Gasteiger charge is -2.28. The van der Waals surface area contributed by atoms with E-state index in [1.54, 1.807) is 0 Å². The Bertz CT molecular complexity index is 333. The lowest BCUT2D eigenvalue weighted by molar-refractivity contribution is 0.268. The van der Waals surface area contributed by atoms with Crippen molar-refractivity contribution < 1.29 is 0 Å². The van der Waals surface area contributed by atoms with Gasteiger partial charge in [-0.3, -0.25) is 0 Å². The van der Waals surface area contributed by atoms with Crippen molar-refractivity contribution in [2.24, 2.45) is 11.8 Å². The summed E-state index contributed by atoms with van der Waals surface area (Å²) < 4.78 is 0. The Balaban J connectivity index is 1.70. The first-order valence-electron chi connectivity index (χ1n) is 7.51. The molecule has 0 spiro atoms. The van der Waals surface area contributed by atoms with Crippen molar-refractivity contribution in [2.45, 2.75) is 52.0 Å². The van der Waals surface area contributed by atoms with Gasteiger partial charge in [-0.1, -0.05) is 50.1 Å². The predicted molar refractivity (Wildman–Crippen MR) is 78.7 cm³/mol. The summed E-state index contributed by atoms with van der Waals surface area (Å²) in [5.74, 6) is 1.85. The maximum atomic E-state index is 3.72. The minimum atomic E-state index is 0.588. The molecule has 0 aromatic heterocycles. The van der Waals surface area contributed by atoms with Crippen LogP contribution in [-0.4, -0.2) is 12.6 Å². The third-order valence-electron chi connectivity index (χ3n) is 4.18. The van der Waals surface area contributed by atoms with Crippen molar-refractivity contribution in [1.82, 2.24) is 5.32 Å². The SMILES string of the molecule is CC1CCCC(CNC(C)Cc2ccccc2)C1. The van der Waals surface area contributed by atoms with Gasteiger partial charge in [-0.25, -0.2) is 0 Å². The standard InChI is InChI=1S/C17H27N/c1-14-7-6-10-17(11-14)13-18-15(2)12-16-8-4-3-5-9-16/h3-5,8-9,14-15,17-18H,6-7,10-13H2,1-2H3. The molecule has 1 aromatic carbocycles. The van der Waals surface area contributed by atoms with Gasteiger partial charge in [0, 0.05) is 6.04 Å². The quantitative estimate of drug-likeness (QED) is 0.825. The van der Waals surface area contributed by atoms with E-state index >= 15 is 0 Å². The number of nitrogens with one attached hydrogen (secondary N) is 1. The summed E-state index contributed by atoms with van der Waals surface area (Å²) in [6.07, 6.45) is 6.86. The molecule has 2 rings (SSSR count). The highest BCUT2D eigenvalue weighted by Crippen LogP contribution is 2.28. The fourth-order valence-corrected chi connectivity index (χ4v) is 3.15. The molecule has 3 atom stereocenters. The molecule has 18 heavy (non-hydrogen) atoms. The molecule has 0 saturated heterocycles. The Labute approximate surface area is 112 Å². The molecule has 3 unspecified atom stereocenters. The van der Waals surface area contributed by atoms with Gasteiger partial charge < -0.3 is 5.32 Å². The zero-order valence-corrected chi connectivity index (χ0v) is 11.9. The second-order valence-corrected chi connectivity index (χ2v) is 6.14. The van der Waals surface area contributed by atoms with Crippen LogP contribution >= 0.6 is 0 Å². The van der Waals surface area contributed by atoms with Gasteiger partial charge in [0.05, 0.1) is 0 Å². The molecule has 1 N–H and O–H groups in total. The normalized spacial score (nSPS) is 25.9. The predicted octanol–water partition coefficient (Wildman–Crippen LogP) is 4.03. The Morgan fingerprint density at radius 2 is 2.00 bits per heavy atom. The Morgan fingerprint density at radius 1 is 1.22 bits per heavy atom. The maximum Gasteiger partial charge on any atom is 0.00792 e. The minimum absolute atomic E-state index is 0.588. The van der Waals surface area contributed by atoms with Gasteiger partial charge in [0.25, 0.3) is 0 Å². The van der Waals surface area contributed by atoms with Crippen molar-refractivity contribution in [3.63, 3.8) is 0 Å². The van der Waals surface area contributed by atoms with E-state index in [4.69, 9.17) is 0 Å². The monoisotopic (exact) mass is 245 g/mol. The minimum Gasteiger partial charge on any atom is -0.314 e. The molecule has 0 aliphatic heterocycles. The molecule has 0 radical (unpaired) electrons. The molecule has 100 valence electrons. The summed E-state index contributed by atoms with van der Waals surface area (Å²) in [5.41, 5.74) is 1.44. The van der Waals surface area contributed by atoms with Crippen LogP contribution in [0.25, 0.3) is 0 Å². The highest BCUT2D eigenvalue weighted by Gasteiger charge is 2.18. The van der Waals surface area contributed by atoms with Gasteiger partial charge in [0.15, 0.2) is 0 Å². The smallest absolute Gasteiger partial charge is 0.00792 e. The van der Waals surface area contributed by atoms with Crippen LogP contribution in [0.15, 0.2) is 30.3 Å². The fraction of sp³-hybridized carbons (Fsp3) is 0.647. The summed E-state index contributed by atoms with van der Waals surface area (Å²) >= 11 is 0. The van der Waals surface area contributed by atoms with E-state index in [1.807, 2.05) is 0 Å². The largest absolute Gasteiger partial charge is 0.314 e. The van der Waals surface area contributed by atoms with E-state index in [9.17, 15) is 0 Å². The first-order valence-corrected chi connectivity index (χ1v) is 7.51. The molecule has 1 aliphatic carbocycles. The van der Waals surface area contributed by atoms with Gasteiger partial charge in [-0.05, 0) is 50.1 Å². The average molecular weight is 245 g/mol. The highest BCUT2D eigenvalue weighted by atomic mass is 14.9. The zero-order valence-electron chi connectivity index (χ0n) is 11.9. The van der Waals surface area contributed by atoms with Crippen LogP contribution in [0.5, 0.6) is 0 Å². The van der Waals surface area contributed by atoms with Crippen LogP contribution in [0.2, 0.25) is 0 Å². The van der Waals surface area contributed by atoms with E-state index in [1.165, 1.54) is 37.8 Å². The maximum absolute atomic E-state index is 3.72. The molecule has 1 heteroatoms. The van der Waals surface area contributed by atoms with Gasteiger partial charge >= 0.3 is 0 Å². The molecule has 0 heterocycles. The molecular weight excluding hydrogens is 218 g/mol. The van der Waals surface area contributed by atoms with Gasteiger partial charge in [0.2, 0.25) is 0 Å². The Kier molecular flexibility index (Phi) is 5.25. The van der Waals surface area contributed by atoms with Crippen molar-refractivity contribution in [2.75, 3.05) is 6.54 Å². The Morgan fingerprint density at radius 3 is 2.72 bits per heavy atom. The third kappa shape index (κ3) is 4.45. The molecule has 1 nitrogen and oxygen atoms in total. The van der Waals surface area contributed by atoms with Crippen LogP contribution in [0.3, 0.4) is 0 Å². The molecule has 0 bridgehead atoms. The molecule has 1 aromatic rings. The number of hydrogen-bond acceptors (Lipinski definition) is 1. The van der Waals surface area contributed by atoms with Crippen LogP contribution < -0.4 is 5.32 Å². The number of rotatable bonds is 5. The molecule has 0 amide bonds. The average Bonchev–Trinajstić information content (AvgIpc) is 2.38. The number of hydrogen-bond donors (Lipinski definition) is 1. The highest BCUT2D eigenvalue weighted by molar-refractivity contribution is 5.15. The first kappa shape index (κ1) is 13.6. The summed E-state index contributed by atoms with van der Waals surface area (Å²) in [7, 11) is 0. The van der Waals surface area contributed by atoms with Gasteiger partial charge in [0.1, 0.15) is 0 Å².